The lowest BCUT2D eigenvalue weighted by Crippen LogP contribution is -2.31. The van der Waals surface area contributed by atoms with E-state index >= 15 is 0 Å². The third kappa shape index (κ3) is 4.43. The van der Waals surface area contributed by atoms with Crippen LogP contribution >= 0.6 is 0 Å². The fourth-order valence-corrected chi connectivity index (χ4v) is 2.00. The number of carbonyl (C=O) groups is 1. The molecule has 0 radical (unpaired) electrons. The Morgan fingerprint density at radius 3 is 2.45 bits per heavy atom. The maximum absolute atomic E-state index is 11.7. The van der Waals surface area contributed by atoms with E-state index in [2.05, 4.69) is 22.8 Å². The number of hydrogen-bond acceptors (Lipinski definition) is 2. The number of nitrogens with one attached hydrogen (secondary N) is 2. The van der Waals surface area contributed by atoms with Crippen LogP contribution in [-0.4, -0.2) is 19.0 Å². The first-order chi connectivity index (χ1) is 9.75. The number of rotatable bonds is 6. The second-order valence-electron chi connectivity index (χ2n) is 4.75. The number of aryl methyl sites for hydroxylation is 1. The summed E-state index contributed by atoms with van der Waals surface area (Å²) >= 11 is 0. The van der Waals surface area contributed by atoms with Crippen LogP contribution in [0, 0.1) is 6.92 Å². The van der Waals surface area contributed by atoms with Crippen LogP contribution in [0.3, 0.4) is 0 Å². The topological polar surface area (TPSA) is 41.1 Å². The van der Waals surface area contributed by atoms with Crippen LogP contribution in [0.15, 0.2) is 54.6 Å². The van der Waals surface area contributed by atoms with Crippen molar-refractivity contribution in [2.75, 3.05) is 18.4 Å². The van der Waals surface area contributed by atoms with Crippen LogP contribution in [0.25, 0.3) is 0 Å². The third-order valence-electron chi connectivity index (χ3n) is 3.16. The van der Waals surface area contributed by atoms with Gasteiger partial charge in [-0.3, -0.25) is 4.79 Å². The quantitative estimate of drug-likeness (QED) is 0.846. The SMILES string of the molecule is Cc1ccccc1NCC(=O)NCCc1ccccc1. The molecule has 0 aromatic heterocycles. The van der Waals surface area contributed by atoms with Crippen molar-refractivity contribution in [3.63, 3.8) is 0 Å². The average Bonchev–Trinajstić information content (AvgIpc) is 2.47. The predicted octanol–water partition coefficient (Wildman–Crippen LogP) is 2.77. The van der Waals surface area contributed by atoms with E-state index in [1.54, 1.807) is 0 Å². The number of hydrogen-bond donors (Lipinski definition) is 2. The monoisotopic (exact) mass is 268 g/mol. The summed E-state index contributed by atoms with van der Waals surface area (Å²) in [5, 5.41) is 6.07. The van der Waals surface area contributed by atoms with E-state index in [0.29, 0.717) is 13.1 Å². The van der Waals surface area contributed by atoms with Crippen LogP contribution in [0.4, 0.5) is 5.69 Å². The molecule has 2 N–H and O–H groups in total. The van der Waals surface area contributed by atoms with E-state index in [4.69, 9.17) is 0 Å². The molecule has 1 amide bonds. The highest BCUT2D eigenvalue weighted by Gasteiger charge is 2.02. The number of carbonyl (C=O) groups excluding carboxylic acids is 1. The Hall–Kier alpha value is -2.29. The first-order valence-corrected chi connectivity index (χ1v) is 6.86. The second-order valence-corrected chi connectivity index (χ2v) is 4.75. The van der Waals surface area contributed by atoms with Crippen LogP contribution < -0.4 is 10.6 Å². The standard InChI is InChI=1S/C17H20N2O/c1-14-7-5-6-10-16(14)19-13-17(20)18-12-11-15-8-3-2-4-9-15/h2-10,19H,11-13H2,1H3,(H,18,20). The summed E-state index contributed by atoms with van der Waals surface area (Å²) in [6.45, 7) is 2.99. The van der Waals surface area contributed by atoms with Crippen LogP contribution in [0.2, 0.25) is 0 Å². The van der Waals surface area contributed by atoms with E-state index in [-0.39, 0.29) is 5.91 Å². The van der Waals surface area contributed by atoms with Gasteiger partial charge in [0.25, 0.3) is 0 Å². The summed E-state index contributed by atoms with van der Waals surface area (Å²) in [7, 11) is 0. The summed E-state index contributed by atoms with van der Waals surface area (Å²) < 4.78 is 0. The molecule has 0 fully saturated rings. The minimum Gasteiger partial charge on any atom is -0.376 e. The molecule has 2 aromatic carbocycles. The van der Waals surface area contributed by atoms with Gasteiger partial charge in [-0.2, -0.15) is 0 Å². The third-order valence-corrected chi connectivity index (χ3v) is 3.16. The average molecular weight is 268 g/mol. The summed E-state index contributed by atoms with van der Waals surface area (Å²) in [4.78, 5) is 11.7. The molecule has 20 heavy (non-hydrogen) atoms. The van der Waals surface area contributed by atoms with Gasteiger partial charge in [0.2, 0.25) is 5.91 Å². The Kier molecular flexibility index (Phi) is 5.18. The molecular weight excluding hydrogens is 248 g/mol. The Morgan fingerprint density at radius 2 is 1.70 bits per heavy atom. The zero-order valence-electron chi connectivity index (χ0n) is 11.7. The molecule has 0 bridgehead atoms. The van der Waals surface area contributed by atoms with E-state index in [9.17, 15) is 4.79 Å². The molecule has 0 unspecified atom stereocenters. The molecule has 0 saturated carbocycles. The number of benzene rings is 2. The molecule has 0 atom stereocenters. The first-order valence-electron chi connectivity index (χ1n) is 6.86. The van der Waals surface area contributed by atoms with Crippen molar-refractivity contribution in [3.8, 4) is 0 Å². The summed E-state index contributed by atoms with van der Waals surface area (Å²) in [6, 6.07) is 18.1. The van der Waals surface area contributed by atoms with Gasteiger partial charge < -0.3 is 10.6 Å². The first kappa shape index (κ1) is 14.1. The van der Waals surface area contributed by atoms with Crippen molar-refractivity contribution >= 4 is 11.6 Å². The molecule has 104 valence electrons. The molecule has 0 aliphatic heterocycles. The van der Waals surface area contributed by atoms with E-state index in [1.807, 2.05) is 49.4 Å². The predicted molar refractivity (Wildman–Crippen MR) is 82.8 cm³/mol. The molecule has 0 spiro atoms. The molecule has 0 aliphatic carbocycles. The van der Waals surface area contributed by atoms with Crippen molar-refractivity contribution in [2.45, 2.75) is 13.3 Å². The van der Waals surface area contributed by atoms with Gasteiger partial charge in [-0.25, -0.2) is 0 Å². The molecule has 2 rings (SSSR count). The summed E-state index contributed by atoms with van der Waals surface area (Å²) in [5.74, 6) is 0.0178. The van der Waals surface area contributed by atoms with E-state index in [0.717, 1.165) is 17.7 Å². The van der Waals surface area contributed by atoms with Gasteiger partial charge in [0.05, 0.1) is 6.54 Å². The number of amides is 1. The minimum atomic E-state index is 0.0178. The summed E-state index contributed by atoms with van der Waals surface area (Å²) in [5.41, 5.74) is 3.38. The smallest absolute Gasteiger partial charge is 0.239 e. The highest BCUT2D eigenvalue weighted by Crippen LogP contribution is 2.12. The zero-order chi connectivity index (χ0) is 14.2. The molecule has 2 aromatic rings. The molecule has 3 heteroatoms. The highest BCUT2D eigenvalue weighted by atomic mass is 16.1. The van der Waals surface area contributed by atoms with Crippen LogP contribution in [0.1, 0.15) is 11.1 Å². The lowest BCUT2D eigenvalue weighted by Gasteiger charge is -2.09. The largest absolute Gasteiger partial charge is 0.376 e. The van der Waals surface area contributed by atoms with Crippen molar-refractivity contribution < 1.29 is 4.79 Å². The Morgan fingerprint density at radius 1 is 1.00 bits per heavy atom. The normalized spacial score (nSPS) is 10.1. The highest BCUT2D eigenvalue weighted by molar-refractivity contribution is 5.80. The van der Waals surface area contributed by atoms with Gasteiger partial charge in [0, 0.05) is 12.2 Å². The van der Waals surface area contributed by atoms with Gasteiger partial charge in [-0.1, -0.05) is 48.5 Å². The fourth-order valence-electron chi connectivity index (χ4n) is 2.00. The maximum atomic E-state index is 11.7. The minimum absolute atomic E-state index is 0.0178. The van der Waals surface area contributed by atoms with Gasteiger partial charge in [-0.15, -0.1) is 0 Å². The van der Waals surface area contributed by atoms with Gasteiger partial charge in [-0.05, 0) is 30.5 Å². The Labute approximate surface area is 120 Å². The summed E-state index contributed by atoms with van der Waals surface area (Å²) in [6.07, 6.45) is 0.858. The Balaban J connectivity index is 1.70. The molecular formula is C17H20N2O. The molecule has 0 saturated heterocycles. The van der Waals surface area contributed by atoms with Gasteiger partial charge >= 0.3 is 0 Å². The van der Waals surface area contributed by atoms with Crippen molar-refractivity contribution in [3.05, 3.63) is 65.7 Å². The molecule has 3 nitrogen and oxygen atoms in total. The van der Waals surface area contributed by atoms with Crippen molar-refractivity contribution in [1.29, 1.82) is 0 Å². The van der Waals surface area contributed by atoms with Crippen LogP contribution in [0.5, 0.6) is 0 Å². The number of anilines is 1. The Bertz CT molecular complexity index is 552. The lowest BCUT2D eigenvalue weighted by atomic mass is 10.1. The number of para-hydroxylation sites is 1. The van der Waals surface area contributed by atoms with E-state index in [1.165, 1.54) is 5.56 Å². The van der Waals surface area contributed by atoms with Crippen LogP contribution in [-0.2, 0) is 11.2 Å². The fraction of sp³-hybridized carbons (Fsp3) is 0.235. The maximum Gasteiger partial charge on any atom is 0.239 e. The zero-order valence-corrected chi connectivity index (χ0v) is 11.7. The molecule has 0 aliphatic rings. The van der Waals surface area contributed by atoms with Gasteiger partial charge in [0.15, 0.2) is 0 Å². The lowest BCUT2D eigenvalue weighted by molar-refractivity contribution is -0.119. The second kappa shape index (κ2) is 7.34. The van der Waals surface area contributed by atoms with Crippen molar-refractivity contribution in [2.24, 2.45) is 0 Å². The molecule has 0 heterocycles. The van der Waals surface area contributed by atoms with E-state index < -0.39 is 0 Å². The van der Waals surface area contributed by atoms with Crippen molar-refractivity contribution in [1.82, 2.24) is 5.32 Å². The van der Waals surface area contributed by atoms with Gasteiger partial charge in [0.1, 0.15) is 0 Å².